The van der Waals surface area contributed by atoms with E-state index in [0.29, 0.717) is 5.57 Å². The van der Waals surface area contributed by atoms with Crippen molar-refractivity contribution in [3.63, 3.8) is 0 Å². The summed E-state index contributed by atoms with van der Waals surface area (Å²) in [6, 6.07) is 5.78. The first-order valence-corrected chi connectivity index (χ1v) is 6.28. The van der Waals surface area contributed by atoms with E-state index >= 15 is 0 Å². The van der Waals surface area contributed by atoms with Crippen LogP contribution in [0.4, 0.5) is 5.69 Å². The van der Waals surface area contributed by atoms with E-state index in [4.69, 9.17) is 0 Å². The van der Waals surface area contributed by atoms with Gasteiger partial charge in [0.25, 0.3) is 5.91 Å². The van der Waals surface area contributed by atoms with E-state index in [1.165, 1.54) is 18.6 Å². The molecule has 1 amide bonds. The average Bonchev–Trinajstić information content (AvgIpc) is 2.63. The topological polar surface area (TPSA) is 46.2 Å². The normalized spacial score (nSPS) is 15.1. The van der Waals surface area contributed by atoms with Gasteiger partial charge in [0.15, 0.2) is 5.78 Å². The number of para-hydroxylation sites is 1. The van der Waals surface area contributed by atoms with Gasteiger partial charge in [0.2, 0.25) is 0 Å². The van der Waals surface area contributed by atoms with Gasteiger partial charge in [-0.15, -0.1) is 0 Å². The Labute approximate surface area is 113 Å². The summed E-state index contributed by atoms with van der Waals surface area (Å²) < 4.78 is 0. The van der Waals surface area contributed by atoms with Crippen molar-refractivity contribution in [2.24, 2.45) is 0 Å². The Bertz CT molecular complexity index is 605. The number of nitrogens with one attached hydrogen (secondary N) is 1. The van der Waals surface area contributed by atoms with E-state index in [2.05, 4.69) is 11.4 Å². The molecule has 2 rings (SSSR count). The van der Waals surface area contributed by atoms with Crippen LogP contribution in [0.15, 0.2) is 35.9 Å². The maximum Gasteiger partial charge on any atom is 0.256 e. The number of amides is 1. The van der Waals surface area contributed by atoms with Crippen molar-refractivity contribution in [1.29, 1.82) is 0 Å². The van der Waals surface area contributed by atoms with Crippen molar-refractivity contribution < 1.29 is 9.59 Å². The number of hydrogen-bond acceptors (Lipinski definition) is 2. The van der Waals surface area contributed by atoms with E-state index in [1.54, 1.807) is 0 Å². The summed E-state index contributed by atoms with van der Waals surface area (Å²) in [6.07, 6.45) is 4.29. The Morgan fingerprint density at radius 1 is 1.26 bits per heavy atom. The van der Waals surface area contributed by atoms with Gasteiger partial charge in [-0.25, -0.2) is 0 Å². The summed E-state index contributed by atoms with van der Waals surface area (Å²) in [6.45, 7) is 5.54. The number of hydrogen-bond donors (Lipinski definition) is 1. The second-order valence-electron chi connectivity index (χ2n) is 4.95. The Balaban J connectivity index is 2.46. The quantitative estimate of drug-likeness (QED) is 0.666. The number of fused-ring (bicyclic) bond motifs is 1. The second-order valence-corrected chi connectivity index (χ2v) is 4.95. The summed E-state index contributed by atoms with van der Waals surface area (Å²) >= 11 is 0. The second kappa shape index (κ2) is 5.22. The van der Waals surface area contributed by atoms with Gasteiger partial charge in [0.1, 0.15) is 0 Å². The number of carbonyl (C=O) groups is 2. The van der Waals surface area contributed by atoms with Crippen molar-refractivity contribution in [2.75, 3.05) is 5.32 Å². The zero-order valence-electron chi connectivity index (χ0n) is 11.4. The van der Waals surface area contributed by atoms with Crippen LogP contribution in [0.25, 0.3) is 5.57 Å². The van der Waals surface area contributed by atoms with Crippen LogP contribution < -0.4 is 5.32 Å². The largest absolute Gasteiger partial charge is 0.321 e. The SMILES string of the molecule is CC(=O)C=C1C(=O)Nc2c(CC=C(C)C)cccc21. The van der Waals surface area contributed by atoms with Gasteiger partial charge in [0.05, 0.1) is 11.3 Å². The molecule has 0 aromatic heterocycles. The van der Waals surface area contributed by atoms with Gasteiger partial charge in [-0.05, 0) is 38.8 Å². The highest BCUT2D eigenvalue weighted by atomic mass is 16.2. The fraction of sp³-hybridized carbons (Fsp3) is 0.250. The van der Waals surface area contributed by atoms with E-state index in [0.717, 1.165) is 23.2 Å². The number of rotatable bonds is 3. The highest BCUT2D eigenvalue weighted by molar-refractivity contribution is 6.34. The van der Waals surface area contributed by atoms with Gasteiger partial charge in [-0.1, -0.05) is 29.8 Å². The Morgan fingerprint density at radius 2 is 2.00 bits per heavy atom. The number of allylic oxidation sites excluding steroid dienone is 3. The molecule has 0 atom stereocenters. The molecule has 98 valence electrons. The summed E-state index contributed by atoms with van der Waals surface area (Å²) in [4.78, 5) is 23.1. The maximum atomic E-state index is 11.9. The minimum Gasteiger partial charge on any atom is -0.321 e. The molecule has 0 saturated heterocycles. The molecule has 0 saturated carbocycles. The third kappa shape index (κ3) is 2.81. The summed E-state index contributed by atoms with van der Waals surface area (Å²) in [5.74, 6) is -0.317. The molecule has 1 aromatic carbocycles. The van der Waals surface area contributed by atoms with Crippen LogP contribution in [0, 0.1) is 0 Å². The van der Waals surface area contributed by atoms with Crippen molar-refractivity contribution in [3.05, 3.63) is 47.1 Å². The molecule has 0 radical (unpaired) electrons. The number of carbonyl (C=O) groups excluding carboxylic acids is 2. The molecule has 1 aromatic rings. The van der Waals surface area contributed by atoms with Crippen molar-refractivity contribution in [3.8, 4) is 0 Å². The lowest BCUT2D eigenvalue weighted by atomic mass is 10.0. The fourth-order valence-electron chi connectivity index (χ4n) is 2.11. The molecular weight excluding hydrogens is 238 g/mol. The van der Waals surface area contributed by atoms with E-state index in [9.17, 15) is 9.59 Å². The molecule has 0 aliphatic carbocycles. The highest BCUT2D eigenvalue weighted by Crippen LogP contribution is 2.34. The Kier molecular flexibility index (Phi) is 3.65. The van der Waals surface area contributed by atoms with Crippen LogP contribution in [0.5, 0.6) is 0 Å². The lowest BCUT2D eigenvalue weighted by molar-refractivity contribution is -0.113. The lowest BCUT2D eigenvalue weighted by Gasteiger charge is -2.05. The minimum atomic E-state index is -0.199. The standard InChI is InChI=1S/C16H17NO2/c1-10(2)7-8-12-5-4-6-13-14(9-11(3)18)16(19)17-15(12)13/h4-7,9H,8H2,1-3H3,(H,17,19). The van der Waals surface area contributed by atoms with Gasteiger partial charge < -0.3 is 5.32 Å². The van der Waals surface area contributed by atoms with Crippen LogP contribution in [0.1, 0.15) is 31.9 Å². The summed E-state index contributed by atoms with van der Waals surface area (Å²) in [5, 5.41) is 2.86. The molecule has 0 bridgehead atoms. The summed E-state index contributed by atoms with van der Waals surface area (Å²) in [7, 11) is 0. The number of benzene rings is 1. The Morgan fingerprint density at radius 3 is 2.63 bits per heavy atom. The molecule has 0 fully saturated rings. The molecule has 0 spiro atoms. The molecule has 3 nitrogen and oxygen atoms in total. The minimum absolute atomic E-state index is 0.118. The monoisotopic (exact) mass is 255 g/mol. The summed E-state index contributed by atoms with van der Waals surface area (Å²) in [5.41, 5.74) is 4.42. The van der Waals surface area contributed by atoms with E-state index in [1.807, 2.05) is 32.0 Å². The fourth-order valence-corrected chi connectivity index (χ4v) is 2.11. The molecular formula is C16H17NO2. The van der Waals surface area contributed by atoms with Crippen LogP contribution in [-0.2, 0) is 16.0 Å². The zero-order valence-corrected chi connectivity index (χ0v) is 11.4. The zero-order chi connectivity index (χ0) is 14.0. The molecule has 0 unspecified atom stereocenters. The first-order valence-electron chi connectivity index (χ1n) is 6.28. The van der Waals surface area contributed by atoms with Crippen molar-refractivity contribution in [2.45, 2.75) is 27.2 Å². The molecule has 3 heteroatoms. The smallest absolute Gasteiger partial charge is 0.256 e. The number of anilines is 1. The van der Waals surface area contributed by atoms with Gasteiger partial charge in [-0.3, -0.25) is 9.59 Å². The lowest BCUT2D eigenvalue weighted by Crippen LogP contribution is -2.05. The van der Waals surface area contributed by atoms with E-state index in [-0.39, 0.29) is 11.7 Å². The van der Waals surface area contributed by atoms with Gasteiger partial charge in [0, 0.05) is 5.56 Å². The third-order valence-electron chi connectivity index (χ3n) is 3.00. The van der Waals surface area contributed by atoms with Crippen LogP contribution in [0.2, 0.25) is 0 Å². The molecule has 1 heterocycles. The number of ketones is 1. The highest BCUT2D eigenvalue weighted by Gasteiger charge is 2.26. The van der Waals surface area contributed by atoms with Crippen LogP contribution in [0.3, 0.4) is 0 Å². The van der Waals surface area contributed by atoms with Crippen molar-refractivity contribution in [1.82, 2.24) is 0 Å². The molecule has 1 aliphatic heterocycles. The van der Waals surface area contributed by atoms with E-state index < -0.39 is 0 Å². The average molecular weight is 255 g/mol. The Hall–Kier alpha value is -2.16. The predicted molar refractivity (Wildman–Crippen MR) is 76.9 cm³/mol. The van der Waals surface area contributed by atoms with Crippen LogP contribution in [-0.4, -0.2) is 11.7 Å². The van der Waals surface area contributed by atoms with Crippen LogP contribution >= 0.6 is 0 Å². The van der Waals surface area contributed by atoms with Crippen molar-refractivity contribution >= 4 is 23.0 Å². The van der Waals surface area contributed by atoms with Gasteiger partial charge >= 0.3 is 0 Å². The third-order valence-corrected chi connectivity index (χ3v) is 3.00. The maximum absolute atomic E-state index is 11.9. The predicted octanol–water partition coefficient (Wildman–Crippen LogP) is 3.12. The first kappa shape index (κ1) is 13.3. The molecule has 1 aliphatic rings. The van der Waals surface area contributed by atoms with Gasteiger partial charge in [-0.2, -0.15) is 0 Å². The first-order chi connectivity index (χ1) is 8.99. The molecule has 1 N–H and O–H groups in total. The molecule has 19 heavy (non-hydrogen) atoms.